The first kappa shape index (κ1) is 16.7. The topological polar surface area (TPSA) is 9.23 Å². The molecule has 2 aromatic carbocycles. The Hall–Kier alpha value is -0.700. The van der Waals surface area contributed by atoms with Crippen LogP contribution in [-0.2, 0) is 0 Å². The second kappa shape index (κ2) is 6.60. The summed E-state index contributed by atoms with van der Waals surface area (Å²) >= 11 is 16.7. The first-order valence-corrected chi connectivity index (χ1v) is 8.21. The predicted octanol–water partition coefficient (Wildman–Crippen LogP) is 6.36. The van der Waals surface area contributed by atoms with Crippen LogP contribution in [0, 0.1) is 20.8 Å². The van der Waals surface area contributed by atoms with Crippen LogP contribution in [-0.4, -0.2) is 7.11 Å². The van der Waals surface area contributed by atoms with Crippen LogP contribution in [0.4, 0.5) is 0 Å². The van der Waals surface area contributed by atoms with E-state index in [9.17, 15) is 0 Å². The van der Waals surface area contributed by atoms with Crippen LogP contribution in [0.2, 0.25) is 5.02 Å². The number of benzene rings is 2. The van der Waals surface area contributed by atoms with E-state index in [-0.39, 0.29) is 5.38 Å². The summed E-state index contributed by atoms with van der Waals surface area (Å²) in [6.07, 6.45) is 0. The van der Waals surface area contributed by atoms with E-state index in [1.54, 1.807) is 7.11 Å². The summed E-state index contributed by atoms with van der Waals surface area (Å²) in [5, 5.41) is 0.318. The molecule has 0 aromatic heterocycles. The average Bonchev–Trinajstić information content (AvgIpc) is 2.41. The number of rotatable bonds is 3. The van der Waals surface area contributed by atoms with Gasteiger partial charge >= 0.3 is 0 Å². The minimum atomic E-state index is -0.357. The molecule has 0 radical (unpaired) electrons. The Labute approximate surface area is 144 Å². The largest absolute Gasteiger partial charge is 0.496 e. The third-order valence-electron chi connectivity index (χ3n) is 3.59. The minimum Gasteiger partial charge on any atom is -0.496 e. The summed E-state index contributed by atoms with van der Waals surface area (Å²) in [7, 11) is 1.67. The van der Waals surface area contributed by atoms with Gasteiger partial charge in [-0.2, -0.15) is 0 Å². The summed E-state index contributed by atoms with van der Waals surface area (Å²) in [5.41, 5.74) is 5.06. The van der Waals surface area contributed by atoms with E-state index < -0.39 is 0 Å². The zero-order valence-electron chi connectivity index (χ0n) is 12.4. The fourth-order valence-electron chi connectivity index (χ4n) is 2.44. The van der Waals surface area contributed by atoms with Gasteiger partial charge in [0.25, 0.3) is 0 Å². The second-order valence-electron chi connectivity index (χ2n) is 5.13. The van der Waals surface area contributed by atoms with Crippen molar-refractivity contribution in [2.75, 3.05) is 7.11 Å². The standard InChI is InChI=1S/C17H17BrCl2O/c1-9-5-6-12(14(19)7-9)16(20)15-11(3)13(18)8-10(2)17(15)21-4/h5-8,16H,1-4H3. The van der Waals surface area contributed by atoms with Crippen molar-refractivity contribution in [3.63, 3.8) is 0 Å². The SMILES string of the molecule is COc1c(C)cc(Br)c(C)c1C(Cl)c1ccc(C)cc1Cl. The van der Waals surface area contributed by atoms with Gasteiger partial charge in [-0.05, 0) is 55.2 Å². The third-order valence-corrected chi connectivity index (χ3v) is 5.20. The molecule has 0 saturated heterocycles. The minimum absolute atomic E-state index is 0.357. The molecule has 0 heterocycles. The molecular formula is C17H17BrCl2O. The van der Waals surface area contributed by atoms with E-state index in [1.165, 1.54) is 0 Å². The molecule has 21 heavy (non-hydrogen) atoms. The Morgan fingerprint density at radius 2 is 1.81 bits per heavy atom. The molecule has 2 aromatic rings. The van der Waals surface area contributed by atoms with Gasteiger partial charge in [-0.1, -0.05) is 39.7 Å². The summed E-state index contributed by atoms with van der Waals surface area (Å²) in [5.74, 6) is 0.812. The van der Waals surface area contributed by atoms with E-state index in [2.05, 4.69) is 15.9 Å². The molecule has 0 aliphatic carbocycles. The highest BCUT2D eigenvalue weighted by atomic mass is 79.9. The maximum Gasteiger partial charge on any atom is 0.127 e. The molecule has 0 N–H and O–H groups in total. The van der Waals surface area contributed by atoms with Crippen molar-refractivity contribution >= 4 is 39.1 Å². The molecule has 1 unspecified atom stereocenters. The van der Waals surface area contributed by atoms with Crippen LogP contribution in [0.5, 0.6) is 5.75 Å². The predicted molar refractivity (Wildman–Crippen MR) is 94.1 cm³/mol. The highest BCUT2D eigenvalue weighted by molar-refractivity contribution is 9.10. The highest BCUT2D eigenvalue weighted by Gasteiger charge is 2.23. The van der Waals surface area contributed by atoms with Crippen LogP contribution in [0.1, 0.15) is 33.2 Å². The maximum atomic E-state index is 6.74. The van der Waals surface area contributed by atoms with Crippen molar-refractivity contribution in [2.45, 2.75) is 26.1 Å². The van der Waals surface area contributed by atoms with Crippen molar-refractivity contribution < 1.29 is 4.74 Å². The van der Waals surface area contributed by atoms with Crippen molar-refractivity contribution in [2.24, 2.45) is 0 Å². The van der Waals surface area contributed by atoms with Gasteiger partial charge in [-0.25, -0.2) is 0 Å². The van der Waals surface area contributed by atoms with Crippen LogP contribution < -0.4 is 4.74 Å². The molecule has 112 valence electrons. The number of hydrogen-bond acceptors (Lipinski definition) is 1. The van der Waals surface area contributed by atoms with Gasteiger partial charge < -0.3 is 4.74 Å². The van der Waals surface area contributed by atoms with Crippen molar-refractivity contribution in [1.82, 2.24) is 0 Å². The van der Waals surface area contributed by atoms with Crippen LogP contribution in [0.15, 0.2) is 28.7 Å². The van der Waals surface area contributed by atoms with E-state index in [1.807, 2.05) is 45.0 Å². The van der Waals surface area contributed by atoms with Crippen molar-refractivity contribution in [3.05, 3.63) is 61.6 Å². The van der Waals surface area contributed by atoms with Gasteiger partial charge in [0.05, 0.1) is 12.5 Å². The van der Waals surface area contributed by atoms with Gasteiger partial charge in [-0.15, -0.1) is 11.6 Å². The number of halogens is 3. The van der Waals surface area contributed by atoms with Gasteiger partial charge in [0.15, 0.2) is 0 Å². The molecular weight excluding hydrogens is 371 g/mol. The van der Waals surface area contributed by atoms with E-state index in [0.717, 1.165) is 38.0 Å². The zero-order valence-corrected chi connectivity index (χ0v) is 15.5. The molecule has 0 bridgehead atoms. The summed E-state index contributed by atoms with van der Waals surface area (Å²) in [6.45, 7) is 6.04. The lowest BCUT2D eigenvalue weighted by Gasteiger charge is -2.21. The third kappa shape index (κ3) is 3.23. The Bertz CT molecular complexity index is 683. The number of hydrogen-bond donors (Lipinski definition) is 0. The van der Waals surface area contributed by atoms with Crippen molar-refractivity contribution in [1.29, 1.82) is 0 Å². The van der Waals surface area contributed by atoms with Gasteiger partial charge in [0.1, 0.15) is 5.75 Å². The molecule has 1 nitrogen and oxygen atoms in total. The Morgan fingerprint density at radius 1 is 1.14 bits per heavy atom. The summed E-state index contributed by atoms with van der Waals surface area (Å²) in [4.78, 5) is 0. The van der Waals surface area contributed by atoms with Gasteiger partial charge in [-0.3, -0.25) is 0 Å². The number of ether oxygens (including phenoxy) is 1. The van der Waals surface area contributed by atoms with Crippen molar-refractivity contribution in [3.8, 4) is 5.75 Å². The fraction of sp³-hybridized carbons (Fsp3) is 0.294. The quantitative estimate of drug-likeness (QED) is 0.556. The summed E-state index contributed by atoms with van der Waals surface area (Å²) in [6, 6.07) is 7.96. The number of methoxy groups -OCH3 is 1. The highest BCUT2D eigenvalue weighted by Crippen LogP contribution is 2.43. The van der Waals surface area contributed by atoms with E-state index in [4.69, 9.17) is 27.9 Å². The maximum absolute atomic E-state index is 6.74. The summed E-state index contributed by atoms with van der Waals surface area (Å²) < 4.78 is 6.59. The first-order valence-electron chi connectivity index (χ1n) is 6.60. The van der Waals surface area contributed by atoms with Crippen LogP contribution in [0.25, 0.3) is 0 Å². The molecule has 1 atom stereocenters. The molecule has 0 spiro atoms. The molecule has 0 aliphatic rings. The van der Waals surface area contributed by atoms with Crippen LogP contribution in [0.3, 0.4) is 0 Å². The monoisotopic (exact) mass is 386 g/mol. The molecule has 2 rings (SSSR count). The second-order valence-corrected chi connectivity index (χ2v) is 6.83. The Balaban J connectivity index is 2.65. The lowest BCUT2D eigenvalue weighted by Crippen LogP contribution is -2.03. The zero-order chi connectivity index (χ0) is 15.7. The van der Waals surface area contributed by atoms with E-state index >= 15 is 0 Å². The Morgan fingerprint density at radius 3 is 2.38 bits per heavy atom. The molecule has 0 amide bonds. The number of aryl methyl sites for hydroxylation is 2. The van der Waals surface area contributed by atoms with Gasteiger partial charge in [0.2, 0.25) is 0 Å². The smallest absolute Gasteiger partial charge is 0.127 e. The first-order chi connectivity index (χ1) is 9.86. The lowest BCUT2D eigenvalue weighted by molar-refractivity contribution is 0.406. The molecule has 0 aliphatic heterocycles. The molecule has 4 heteroatoms. The average molecular weight is 388 g/mol. The molecule has 0 saturated carbocycles. The lowest BCUT2D eigenvalue weighted by atomic mass is 9.96. The fourth-order valence-corrected chi connectivity index (χ4v) is 3.85. The van der Waals surface area contributed by atoms with E-state index in [0.29, 0.717) is 5.02 Å². The van der Waals surface area contributed by atoms with Gasteiger partial charge in [0, 0.05) is 15.1 Å². The molecule has 0 fully saturated rings. The number of alkyl halides is 1. The normalized spacial score (nSPS) is 12.3. The Kier molecular flexibility index (Phi) is 5.24. The van der Waals surface area contributed by atoms with Crippen LogP contribution >= 0.6 is 39.1 Å².